The van der Waals surface area contributed by atoms with Gasteiger partial charge in [-0.05, 0) is 39.0 Å². The van der Waals surface area contributed by atoms with Crippen molar-refractivity contribution in [3.63, 3.8) is 0 Å². The fraction of sp³-hybridized carbons (Fsp3) is 0.214. The van der Waals surface area contributed by atoms with Crippen LogP contribution in [-0.2, 0) is 0 Å². The van der Waals surface area contributed by atoms with Crippen molar-refractivity contribution in [3.8, 4) is 5.69 Å². The van der Waals surface area contributed by atoms with Gasteiger partial charge in [-0.15, -0.1) is 5.10 Å². The molecule has 98 valence electrons. The Kier molecular flexibility index (Phi) is 3.46. The lowest BCUT2D eigenvalue weighted by Gasteiger charge is -2.04. The Morgan fingerprint density at radius 2 is 1.89 bits per heavy atom. The van der Waals surface area contributed by atoms with Gasteiger partial charge in [0.2, 0.25) is 0 Å². The number of rotatable bonds is 3. The monoisotopic (exact) mass is 257 g/mol. The van der Waals surface area contributed by atoms with Crippen LogP contribution in [-0.4, -0.2) is 26.1 Å². The van der Waals surface area contributed by atoms with Crippen LogP contribution in [0.1, 0.15) is 35.6 Å². The molecule has 0 saturated carbocycles. The Morgan fingerprint density at radius 1 is 1.26 bits per heavy atom. The van der Waals surface area contributed by atoms with Crippen molar-refractivity contribution in [2.75, 3.05) is 0 Å². The number of carboxylic acids is 1. The predicted octanol–water partition coefficient (Wildman–Crippen LogP) is 2.70. The molecule has 0 aliphatic carbocycles. The zero-order valence-corrected chi connectivity index (χ0v) is 11.1. The maximum atomic E-state index is 11.2. The van der Waals surface area contributed by atoms with Gasteiger partial charge in [0.15, 0.2) is 5.69 Å². The maximum Gasteiger partial charge on any atom is 0.358 e. The number of hydrogen-bond donors (Lipinski definition) is 1. The van der Waals surface area contributed by atoms with E-state index in [4.69, 9.17) is 5.11 Å². The molecule has 0 saturated heterocycles. The highest BCUT2D eigenvalue weighted by atomic mass is 16.4. The van der Waals surface area contributed by atoms with E-state index in [1.807, 2.05) is 45.0 Å². The third-order valence-electron chi connectivity index (χ3n) is 2.61. The minimum Gasteiger partial charge on any atom is -0.476 e. The maximum absolute atomic E-state index is 11.2. The first-order valence-corrected chi connectivity index (χ1v) is 5.90. The summed E-state index contributed by atoms with van der Waals surface area (Å²) in [6, 6.07) is 7.67. The van der Waals surface area contributed by atoms with Crippen molar-refractivity contribution in [1.82, 2.24) is 15.0 Å². The molecule has 0 atom stereocenters. The molecule has 1 N–H and O–H groups in total. The normalized spacial score (nSPS) is 10.3. The van der Waals surface area contributed by atoms with Crippen molar-refractivity contribution >= 4 is 12.0 Å². The van der Waals surface area contributed by atoms with Crippen molar-refractivity contribution in [3.05, 3.63) is 46.8 Å². The molecule has 0 fully saturated rings. The summed E-state index contributed by atoms with van der Waals surface area (Å²) in [7, 11) is 0. The number of aryl methyl sites for hydroxylation is 1. The van der Waals surface area contributed by atoms with Crippen molar-refractivity contribution in [2.24, 2.45) is 0 Å². The number of aromatic nitrogens is 3. The molecule has 19 heavy (non-hydrogen) atoms. The lowest BCUT2D eigenvalue weighted by Crippen LogP contribution is -2.03. The highest BCUT2D eigenvalue weighted by Gasteiger charge is 2.17. The first kappa shape index (κ1) is 13.0. The molecule has 1 aromatic heterocycles. The van der Waals surface area contributed by atoms with Gasteiger partial charge in [-0.2, -0.15) is 0 Å². The Labute approximate surface area is 111 Å². The van der Waals surface area contributed by atoms with Crippen LogP contribution in [0, 0.1) is 6.92 Å². The second kappa shape index (κ2) is 5.06. The lowest BCUT2D eigenvalue weighted by atomic mass is 10.2. The Bertz CT molecular complexity index is 635. The van der Waals surface area contributed by atoms with E-state index in [1.54, 1.807) is 6.08 Å². The van der Waals surface area contributed by atoms with Gasteiger partial charge in [0.25, 0.3) is 0 Å². The van der Waals surface area contributed by atoms with Gasteiger partial charge in [-0.25, -0.2) is 9.48 Å². The smallest absolute Gasteiger partial charge is 0.358 e. The average molecular weight is 257 g/mol. The standard InChI is InChI=1S/C14H15N3O2/c1-9(2)8-12-13(14(18)19)15-16-17(12)11-6-4-10(3)5-7-11/h4-8H,1-3H3,(H,18,19). The van der Waals surface area contributed by atoms with E-state index >= 15 is 0 Å². The van der Waals surface area contributed by atoms with Crippen molar-refractivity contribution in [2.45, 2.75) is 20.8 Å². The molecule has 5 nitrogen and oxygen atoms in total. The third-order valence-corrected chi connectivity index (χ3v) is 2.61. The van der Waals surface area contributed by atoms with Crippen molar-refractivity contribution in [1.29, 1.82) is 0 Å². The van der Waals surface area contributed by atoms with Crippen molar-refractivity contribution < 1.29 is 9.90 Å². The van der Waals surface area contributed by atoms with Gasteiger partial charge < -0.3 is 5.11 Å². The van der Waals surface area contributed by atoms with E-state index < -0.39 is 5.97 Å². The molecular weight excluding hydrogens is 242 g/mol. The third kappa shape index (κ3) is 2.70. The zero-order chi connectivity index (χ0) is 14.0. The minimum absolute atomic E-state index is 0.0400. The number of nitrogens with zero attached hydrogens (tertiary/aromatic N) is 3. The van der Waals surface area contributed by atoms with Crippen LogP contribution in [0.15, 0.2) is 29.8 Å². The molecular formula is C14H15N3O2. The summed E-state index contributed by atoms with van der Waals surface area (Å²) in [5.74, 6) is -1.08. The van der Waals surface area contributed by atoms with Crippen LogP contribution >= 0.6 is 0 Å². The fourth-order valence-corrected chi connectivity index (χ4v) is 1.72. The quantitative estimate of drug-likeness (QED) is 0.917. The van der Waals surface area contributed by atoms with E-state index in [9.17, 15) is 4.79 Å². The zero-order valence-electron chi connectivity index (χ0n) is 11.1. The molecule has 0 unspecified atom stereocenters. The summed E-state index contributed by atoms with van der Waals surface area (Å²) in [6.07, 6.45) is 1.77. The second-order valence-corrected chi connectivity index (χ2v) is 4.60. The first-order valence-electron chi connectivity index (χ1n) is 5.90. The highest BCUT2D eigenvalue weighted by molar-refractivity contribution is 5.89. The van der Waals surface area contributed by atoms with E-state index in [0.29, 0.717) is 5.69 Å². The SMILES string of the molecule is CC(C)=Cc1c(C(=O)O)nnn1-c1ccc(C)cc1. The van der Waals surface area contributed by atoms with Gasteiger partial charge in [0.1, 0.15) is 5.69 Å². The molecule has 2 aromatic rings. The van der Waals surface area contributed by atoms with Crippen LogP contribution in [0.2, 0.25) is 0 Å². The van der Waals surface area contributed by atoms with Gasteiger partial charge in [0, 0.05) is 0 Å². The van der Waals surface area contributed by atoms with E-state index in [2.05, 4.69) is 10.3 Å². The number of aromatic carboxylic acids is 1. The molecule has 0 spiro atoms. The number of benzene rings is 1. The number of allylic oxidation sites excluding steroid dienone is 1. The summed E-state index contributed by atoms with van der Waals surface area (Å²) in [5.41, 5.74) is 3.35. The predicted molar refractivity (Wildman–Crippen MR) is 72.4 cm³/mol. The molecule has 0 aliphatic heterocycles. The van der Waals surface area contributed by atoms with E-state index in [0.717, 1.165) is 16.8 Å². The average Bonchev–Trinajstić information content (AvgIpc) is 2.73. The van der Waals surface area contributed by atoms with Crippen LogP contribution in [0.5, 0.6) is 0 Å². The second-order valence-electron chi connectivity index (χ2n) is 4.60. The van der Waals surface area contributed by atoms with Gasteiger partial charge in [-0.3, -0.25) is 0 Å². The summed E-state index contributed by atoms with van der Waals surface area (Å²) in [6.45, 7) is 5.79. The van der Waals surface area contributed by atoms with E-state index in [-0.39, 0.29) is 5.69 Å². The molecule has 0 radical (unpaired) electrons. The largest absolute Gasteiger partial charge is 0.476 e. The van der Waals surface area contributed by atoms with Gasteiger partial charge >= 0.3 is 5.97 Å². The highest BCUT2D eigenvalue weighted by Crippen LogP contribution is 2.17. The number of hydrogen-bond acceptors (Lipinski definition) is 3. The Morgan fingerprint density at radius 3 is 2.42 bits per heavy atom. The Hall–Kier alpha value is -2.43. The van der Waals surface area contributed by atoms with Crippen LogP contribution in [0.4, 0.5) is 0 Å². The topological polar surface area (TPSA) is 68.0 Å². The molecule has 1 heterocycles. The lowest BCUT2D eigenvalue weighted by molar-refractivity contribution is 0.0690. The molecule has 0 aliphatic rings. The molecule has 5 heteroatoms. The summed E-state index contributed by atoms with van der Waals surface area (Å²) < 4.78 is 1.54. The fourth-order valence-electron chi connectivity index (χ4n) is 1.72. The number of carboxylic acid groups (broad SMARTS) is 1. The molecule has 0 bridgehead atoms. The summed E-state index contributed by atoms with van der Waals surface area (Å²) in [5, 5.41) is 16.8. The van der Waals surface area contributed by atoms with Gasteiger partial charge in [0.05, 0.1) is 5.69 Å². The minimum atomic E-state index is -1.08. The molecule has 1 aromatic carbocycles. The molecule has 0 amide bonds. The summed E-state index contributed by atoms with van der Waals surface area (Å²) in [4.78, 5) is 11.2. The van der Waals surface area contributed by atoms with Crippen LogP contribution in [0.25, 0.3) is 11.8 Å². The first-order chi connectivity index (χ1) is 8.99. The van der Waals surface area contributed by atoms with Gasteiger partial charge in [-0.1, -0.05) is 28.5 Å². The Balaban J connectivity index is 2.60. The van der Waals surface area contributed by atoms with Crippen LogP contribution in [0.3, 0.4) is 0 Å². The van der Waals surface area contributed by atoms with E-state index in [1.165, 1.54) is 4.68 Å². The molecule has 2 rings (SSSR count). The summed E-state index contributed by atoms with van der Waals surface area (Å²) >= 11 is 0. The van der Waals surface area contributed by atoms with Crippen LogP contribution < -0.4 is 0 Å². The number of carbonyl (C=O) groups is 1.